The number of H-pyrrole nitrogens is 1. The molecule has 0 aromatic carbocycles. The molecule has 3 nitrogen and oxygen atoms in total. The molecule has 18 heavy (non-hydrogen) atoms. The predicted molar refractivity (Wildman–Crippen MR) is 75.2 cm³/mol. The summed E-state index contributed by atoms with van der Waals surface area (Å²) < 4.78 is 3.21. The van der Waals surface area contributed by atoms with E-state index in [1.54, 1.807) is 0 Å². The molecule has 1 aromatic heterocycles. The summed E-state index contributed by atoms with van der Waals surface area (Å²) in [4.78, 5) is 0. The summed E-state index contributed by atoms with van der Waals surface area (Å²) in [7, 11) is 0. The van der Waals surface area contributed by atoms with Gasteiger partial charge in [0.25, 0.3) is 0 Å². The van der Waals surface area contributed by atoms with E-state index in [-0.39, 0.29) is 0 Å². The summed E-state index contributed by atoms with van der Waals surface area (Å²) in [6, 6.07) is 0.584. The van der Waals surface area contributed by atoms with Crippen LogP contribution >= 0.6 is 12.2 Å². The highest BCUT2D eigenvalue weighted by atomic mass is 32.1. The molecule has 2 atom stereocenters. The molecule has 0 aliphatic heterocycles. The number of rotatable bonds is 3. The van der Waals surface area contributed by atoms with Gasteiger partial charge in [-0.1, -0.05) is 26.7 Å². The van der Waals surface area contributed by atoms with Crippen LogP contribution in [-0.4, -0.2) is 14.8 Å². The van der Waals surface area contributed by atoms with Crippen molar-refractivity contribution in [1.82, 2.24) is 14.8 Å². The molecule has 0 bridgehead atoms. The fourth-order valence-corrected chi connectivity index (χ4v) is 3.78. The molecule has 0 amide bonds. The summed E-state index contributed by atoms with van der Waals surface area (Å²) >= 11 is 5.49. The number of aromatic amines is 1. The average Bonchev–Trinajstić information content (AvgIpc) is 3.13. The van der Waals surface area contributed by atoms with Gasteiger partial charge in [-0.2, -0.15) is 5.10 Å². The Labute approximate surface area is 114 Å². The highest BCUT2D eigenvalue weighted by Crippen LogP contribution is 2.44. The summed E-state index contributed by atoms with van der Waals surface area (Å²) in [6.45, 7) is 4.70. The molecule has 2 aliphatic carbocycles. The zero-order valence-corrected chi connectivity index (χ0v) is 12.2. The average molecular weight is 265 g/mol. The van der Waals surface area contributed by atoms with Gasteiger partial charge >= 0.3 is 0 Å². The zero-order chi connectivity index (χ0) is 12.7. The summed E-state index contributed by atoms with van der Waals surface area (Å²) in [5.74, 6) is 3.41. The van der Waals surface area contributed by atoms with Gasteiger partial charge < -0.3 is 4.57 Å². The van der Waals surface area contributed by atoms with Gasteiger partial charge in [-0.3, -0.25) is 5.10 Å². The van der Waals surface area contributed by atoms with E-state index in [1.165, 1.54) is 44.3 Å². The van der Waals surface area contributed by atoms with E-state index in [0.29, 0.717) is 12.0 Å². The van der Waals surface area contributed by atoms with Gasteiger partial charge in [0.05, 0.1) is 0 Å². The second kappa shape index (κ2) is 4.80. The summed E-state index contributed by atoms with van der Waals surface area (Å²) in [6.07, 6.45) is 7.92. The lowest BCUT2D eigenvalue weighted by Gasteiger charge is -2.35. The Balaban J connectivity index is 1.96. The molecule has 2 fully saturated rings. The fourth-order valence-electron chi connectivity index (χ4n) is 3.51. The Bertz CT molecular complexity index is 470. The van der Waals surface area contributed by atoms with E-state index in [1.807, 2.05) is 0 Å². The normalized spacial score (nSPS) is 28.8. The zero-order valence-electron chi connectivity index (χ0n) is 11.4. The van der Waals surface area contributed by atoms with Crippen molar-refractivity contribution in [2.24, 2.45) is 11.8 Å². The van der Waals surface area contributed by atoms with Gasteiger partial charge in [-0.15, -0.1) is 0 Å². The topological polar surface area (TPSA) is 33.6 Å². The third-order valence-corrected chi connectivity index (χ3v) is 4.93. The Morgan fingerprint density at radius 1 is 1.22 bits per heavy atom. The van der Waals surface area contributed by atoms with Gasteiger partial charge in [0, 0.05) is 12.0 Å². The minimum Gasteiger partial charge on any atom is -0.301 e. The van der Waals surface area contributed by atoms with Crippen LogP contribution in [0.2, 0.25) is 0 Å². The van der Waals surface area contributed by atoms with E-state index in [4.69, 9.17) is 12.2 Å². The standard InChI is InChI=1S/C14H23N3S/c1-9(2)11-5-3-4-6-12(11)17-13(10-7-8-10)15-16-14(17)18/h9-12H,3-8H2,1-2H3,(H,16,18). The van der Waals surface area contributed by atoms with Crippen LogP contribution in [0.5, 0.6) is 0 Å². The highest BCUT2D eigenvalue weighted by molar-refractivity contribution is 7.71. The van der Waals surface area contributed by atoms with E-state index in [0.717, 1.165) is 16.6 Å². The first kappa shape index (κ1) is 12.4. The first-order valence-electron chi connectivity index (χ1n) is 7.35. The van der Waals surface area contributed by atoms with E-state index in [9.17, 15) is 0 Å². The molecule has 0 spiro atoms. The highest BCUT2D eigenvalue weighted by Gasteiger charge is 2.35. The molecule has 2 aliphatic rings. The Morgan fingerprint density at radius 2 is 1.94 bits per heavy atom. The van der Waals surface area contributed by atoms with Crippen LogP contribution in [0.3, 0.4) is 0 Å². The number of hydrogen-bond acceptors (Lipinski definition) is 2. The Morgan fingerprint density at radius 3 is 2.61 bits per heavy atom. The second-order valence-electron chi connectivity index (χ2n) is 6.29. The molecular formula is C14H23N3S. The van der Waals surface area contributed by atoms with Crippen molar-refractivity contribution in [3.8, 4) is 0 Å². The lowest BCUT2D eigenvalue weighted by molar-refractivity contribution is 0.179. The van der Waals surface area contributed by atoms with Gasteiger partial charge in [0.1, 0.15) is 5.82 Å². The maximum Gasteiger partial charge on any atom is 0.195 e. The monoisotopic (exact) mass is 265 g/mol. The largest absolute Gasteiger partial charge is 0.301 e. The third kappa shape index (κ3) is 2.15. The molecule has 1 N–H and O–H groups in total. The third-order valence-electron chi connectivity index (χ3n) is 4.64. The number of aromatic nitrogens is 3. The smallest absolute Gasteiger partial charge is 0.195 e. The van der Waals surface area contributed by atoms with Crippen LogP contribution in [-0.2, 0) is 0 Å². The molecule has 0 saturated heterocycles. The van der Waals surface area contributed by atoms with E-state index in [2.05, 4.69) is 28.6 Å². The lowest BCUT2D eigenvalue weighted by atomic mass is 9.77. The molecular weight excluding hydrogens is 242 g/mol. The quantitative estimate of drug-likeness (QED) is 0.831. The lowest BCUT2D eigenvalue weighted by Crippen LogP contribution is -2.28. The molecule has 2 saturated carbocycles. The first-order valence-corrected chi connectivity index (χ1v) is 7.76. The van der Waals surface area contributed by atoms with Crippen molar-refractivity contribution in [2.45, 2.75) is 64.3 Å². The first-order chi connectivity index (χ1) is 8.68. The van der Waals surface area contributed by atoms with Crippen LogP contribution in [0.1, 0.15) is 70.2 Å². The van der Waals surface area contributed by atoms with Crippen molar-refractivity contribution in [3.05, 3.63) is 10.6 Å². The van der Waals surface area contributed by atoms with Gasteiger partial charge in [-0.05, 0) is 49.7 Å². The molecule has 100 valence electrons. The predicted octanol–water partition coefficient (Wildman–Crippen LogP) is 4.21. The van der Waals surface area contributed by atoms with Crippen LogP contribution < -0.4 is 0 Å². The molecule has 1 heterocycles. The number of nitrogens with one attached hydrogen (secondary N) is 1. The Hall–Kier alpha value is -0.640. The number of hydrogen-bond donors (Lipinski definition) is 1. The number of nitrogens with zero attached hydrogens (tertiary/aromatic N) is 2. The van der Waals surface area contributed by atoms with Crippen LogP contribution in [0, 0.1) is 16.6 Å². The van der Waals surface area contributed by atoms with Crippen LogP contribution in [0.4, 0.5) is 0 Å². The summed E-state index contributed by atoms with van der Waals surface area (Å²) in [5.41, 5.74) is 0. The maximum absolute atomic E-state index is 5.49. The minimum atomic E-state index is 0.584. The molecule has 2 unspecified atom stereocenters. The van der Waals surface area contributed by atoms with Gasteiger partial charge in [0.15, 0.2) is 4.77 Å². The van der Waals surface area contributed by atoms with E-state index >= 15 is 0 Å². The van der Waals surface area contributed by atoms with Crippen LogP contribution in [0.25, 0.3) is 0 Å². The molecule has 0 radical (unpaired) electrons. The molecule has 4 heteroatoms. The van der Waals surface area contributed by atoms with E-state index < -0.39 is 0 Å². The molecule has 1 aromatic rings. The second-order valence-corrected chi connectivity index (χ2v) is 6.68. The van der Waals surface area contributed by atoms with Crippen LogP contribution in [0.15, 0.2) is 0 Å². The van der Waals surface area contributed by atoms with Crippen molar-refractivity contribution in [3.63, 3.8) is 0 Å². The maximum atomic E-state index is 5.49. The Kier molecular flexibility index (Phi) is 3.31. The fraction of sp³-hybridized carbons (Fsp3) is 0.857. The minimum absolute atomic E-state index is 0.584. The molecule has 3 rings (SSSR count). The van der Waals surface area contributed by atoms with Crippen molar-refractivity contribution < 1.29 is 0 Å². The SMILES string of the molecule is CC(C)C1CCCCC1n1c(C2CC2)n[nH]c1=S. The van der Waals surface area contributed by atoms with Gasteiger partial charge in [0.2, 0.25) is 0 Å². The van der Waals surface area contributed by atoms with Crippen molar-refractivity contribution in [2.75, 3.05) is 0 Å². The summed E-state index contributed by atoms with van der Waals surface area (Å²) in [5, 5.41) is 7.52. The van der Waals surface area contributed by atoms with Crippen molar-refractivity contribution >= 4 is 12.2 Å². The van der Waals surface area contributed by atoms with Gasteiger partial charge in [-0.25, -0.2) is 0 Å². The van der Waals surface area contributed by atoms with Crippen molar-refractivity contribution in [1.29, 1.82) is 0 Å².